The molecule has 160 valence electrons. The minimum absolute atomic E-state index is 0.00860. The van der Waals surface area contributed by atoms with Gasteiger partial charge in [-0.1, -0.05) is 0 Å². The summed E-state index contributed by atoms with van der Waals surface area (Å²) in [6, 6.07) is 3.70. The van der Waals surface area contributed by atoms with E-state index >= 15 is 0 Å². The van der Waals surface area contributed by atoms with Crippen LogP contribution in [0, 0.1) is 20.8 Å². The van der Waals surface area contributed by atoms with Crippen molar-refractivity contribution in [3.05, 3.63) is 56.8 Å². The highest BCUT2D eigenvalue weighted by Crippen LogP contribution is 2.29. The van der Waals surface area contributed by atoms with Gasteiger partial charge in [0, 0.05) is 30.1 Å². The largest absolute Gasteiger partial charge is 0.496 e. The molecule has 1 amide bonds. The van der Waals surface area contributed by atoms with Gasteiger partial charge in [0.05, 0.1) is 37.4 Å². The highest BCUT2D eigenvalue weighted by Gasteiger charge is 2.24. The molecule has 1 atom stereocenters. The van der Waals surface area contributed by atoms with Crippen molar-refractivity contribution in [2.45, 2.75) is 40.3 Å². The second kappa shape index (κ2) is 8.71. The maximum atomic E-state index is 13.2. The number of carbonyl (C=O) groups is 1. The Hall–Kier alpha value is -3.13. The first kappa shape index (κ1) is 21.6. The number of aromatic amines is 1. The number of hydrogen-bond donors (Lipinski definition) is 2. The molecule has 8 nitrogen and oxygen atoms in total. The molecule has 0 aliphatic heterocycles. The lowest BCUT2D eigenvalue weighted by atomic mass is 10.1. The monoisotopic (exact) mass is 412 g/mol. The molecule has 0 radical (unpaired) electrons. The number of H-pyrrole nitrogens is 1. The van der Waals surface area contributed by atoms with Crippen molar-refractivity contribution in [1.29, 1.82) is 0 Å². The van der Waals surface area contributed by atoms with Crippen molar-refractivity contribution >= 4 is 16.9 Å². The van der Waals surface area contributed by atoms with Crippen LogP contribution in [0.3, 0.4) is 0 Å². The molecule has 3 rings (SSSR count). The van der Waals surface area contributed by atoms with Crippen LogP contribution in [0.15, 0.2) is 23.1 Å². The van der Waals surface area contributed by atoms with Crippen molar-refractivity contribution in [2.75, 3.05) is 20.8 Å². The molecule has 0 saturated carbocycles. The number of amides is 1. The van der Waals surface area contributed by atoms with Crippen LogP contribution in [0.25, 0.3) is 11.0 Å². The fraction of sp³-hybridized carbons (Fsp3) is 0.409. The third-order valence-electron chi connectivity index (χ3n) is 5.18. The van der Waals surface area contributed by atoms with E-state index in [9.17, 15) is 9.59 Å². The molecular weight excluding hydrogens is 384 g/mol. The minimum atomic E-state index is -0.280. The van der Waals surface area contributed by atoms with Gasteiger partial charge in [0.25, 0.3) is 11.5 Å². The Morgan fingerprint density at radius 3 is 2.67 bits per heavy atom. The average molecular weight is 412 g/mol. The second-order valence-corrected chi connectivity index (χ2v) is 7.53. The third kappa shape index (κ3) is 3.95. The smallest absolute Gasteiger partial charge is 0.256 e. The standard InChI is InChI=1S/C22H28N4O4/c1-12-7-16-19(15(4)26(14(3)11-29-5)20(16)23-9-12)22(28)24-10-17-18(30-6)8-13(2)25-21(17)27/h7-9,14H,10-11H2,1-6H3,(H,24,28)(H,25,27). The molecule has 2 N–H and O–H groups in total. The summed E-state index contributed by atoms with van der Waals surface area (Å²) >= 11 is 0. The van der Waals surface area contributed by atoms with E-state index in [1.165, 1.54) is 7.11 Å². The maximum Gasteiger partial charge on any atom is 0.256 e. The van der Waals surface area contributed by atoms with Gasteiger partial charge in [0.1, 0.15) is 11.4 Å². The first-order chi connectivity index (χ1) is 14.3. The van der Waals surface area contributed by atoms with E-state index in [2.05, 4.69) is 15.3 Å². The van der Waals surface area contributed by atoms with E-state index in [1.54, 1.807) is 26.3 Å². The van der Waals surface area contributed by atoms with Crippen LogP contribution >= 0.6 is 0 Å². The lowest BCUT2D eigenvalue weighted by molar-refractivity contribution is 0.0951. The zero-order valence-corrected chi connectivity index (χ0v) is 18.3. The molecule has 1 unspecified atom stereocenters. The molecule has 30 heavy (non-hydrogen) atoms. The number of nitrogens with one attached hydrogen (secondary N) is 2. The van der Waals surface area contributed by atoms with Gasteiger partial charge < -0.3 is 24.3 Å². The summed E-state index contributed by atoms with van der Waals surface area (Å²) in [5.74, 6) is 0.178. The number of pyridine rings is 2. The van der Waals surface area contributed by atoms with Crippen molar-refractivity contribution in [2.24, 2.45) is 0 Å². The van der Waals surface area contributed by atoms with Gasteiger partial charge >= 0.3 is 0 Å². The molecule has 0 saturated heterocycles. The van der Waals surface area contributed by atoms with Gasteiger partial charge in [0.15, 0.2) is 0 Å². The SMILES string of the molecule is COCC(C)n1c(C)c(C(=O)NCc2c(OC)cc(C)[nH]c2=O)c2cc(C)cnc21. The van der Waals surface area contributed by atoms with Crippen molar-refractivity contribution in [3.8, 4) is 5.75 Å². The summed E-state index contributed by atoms with van der Waals surface area (Å²) in [6.07, 6.45) is 1.79. The van der Waals surface area contributed by atoms with Gasteiger partial charge in [-0.25, -0.2) is 4.98 Å². The van der Waals surface area contributed by atoms with E-state index < -0.39 is 0 Å². The number of hydrogen-bond acceptors (Lipinski definition) is 5. The molecule has 0 spiro atoms. The Morgan fingerprint density at radius 2 is 2.00 bits per heavy atom. The lowest BCUT2D eigenvalue weighted by Crippen LogP contribution is -2.28. The summed E-state index contributed by atoms with van der Waals surface area (Å²) in [6.45, 7) is 8.19. The molecule has 0 aliphatic rings. The Balaban J connectivity index is 2.01. The summed E-state index contributed by atoms with van der Waals surface area (Å²) in [5, 5.41) is 3.65. The van der Waals surface area contributed by atoms with Crippen molar-refractivity contribution in [3.63, 3.8) is 0 Å². The van der Waals surface area contributed by atoms with Crippen LogP contribution in [-0.4, -0.2) is 41.3 Å². The van der Waals surface area contributed by atoms with Gasteiger partial charge in [-0.15, -0.1) is 0 Å². The van der Waals surface area contributed by atoms with E-state index in [0.717, 1.165) is 22.3 Å². The molecule has 3 aromatic heterocycles. The number of rotatable bonds is 7. The van der Waals surface area contributed by atoms with Crippen LogP contribution in [0.4, 0.5) is 0 Å². The first-order valence-corrected chi connectivity index (χ1v) is 9.79. The number of aromatic nitrogens is 3. The van der Waals surface area contributed by atoms with Gasteiger partial charge in [-0.2, -0.15) is 0 Å². The Bertz CT molecular complexity index is 1150. The minimum Gasteiger partial charge on any atom is -0.496 e. The molecule has 0 aromatic carbocycles. The lowest BCUT2D eigenvalue weighted by Gasteiger charge is -2.16. The number of ether oxygens (including phenoxy) is 2. The normalized spacial score (nSPS) is 12.2. The summed E-state index contributed by atoms with van der Waals surface area (Å²) in [7, 11) is 3.15. The fourth-order valence-corrected chi connectivity index (χ4v) is 3.85. The molecule has 3 aromatic rings. The highest BCUT2D eigenvalue weighted by molar-refractivity contribution is 6.07. The highest BCUT2D eigenvalue weighted by atomic mass is 16.5. The molecule has 3 heterocycles. The van der Waals surface area contributed by atoms with Crippen LogP contribution in [0.2, 0.25) is 0 Å². The first-order valence-electron chi connectivity index (χ1n) is 9.79. The van der Waals surface area contributed by atoms with E-state index in [1.807, 2.05) is 31.4 Å². The number of aryl methyl sites for hydroxylation is 2. The number of carbonyl (C=O) groups excluding carboxylic acids is 1. The molecule has 0 aliphatic carbocycles. The molecule has 0 bridgehead atoms. The second-order valence-electron chi connectivity index (χ2n) is 7.53. The van der Waals surface area contributed by atoms with Gasteiger partial charge in [-0.05, 0) is 45.4 Å². The Morgan fingerprint density at radius 1 is 1.27 bits per heavy atom. The van der Waals surface area contributed by atoms with Crippen LogP contribution < -0.4 is 15.6 Å². The molecular formula is C22H28N4O4. The molecule has 8 heteroatoms. The van der Waals surface area contributed by atoms with E-state index in [4.69, 9.17) is 9.47 Å². The summed E-state index contributed by atoms with van der Waals surface area (Å²) in [4.78, 5) is 32.9. The average Bonchev–Trinajstić information content (AvgIpc) is 2.97. The van der Waals surface area contributed by atoms with E-state index in [0.29, 0.717) is 29.2 Å². The fourth-order valence-electron chi connectivity index (χ4n) is 3.85. The Labute approximate surface area is 175 Å². The van der Waals surface area contributed by atoms with Crippen LogP contribution in [-0.2, 0) is 11.3 Å². The summed E-state index contributed by atoms with van der Waals surface area (Å²) in [5.41, 5.74) is 3.84. The predicted molar refractivity (Wildman–Crippen MR) is 115 cm³/mol. The topological polar surface area (TPSA) is 98.2 Å². The molecule has 0 fully saturated rings. The van der Waals surface area contributed by atoms with E-state index in [-0.39, 0.29) is 24.1 Å². The van der Waals surface area contributed by atoms with Gasteiger partial charge in [-0.3, -0.25) is 9.59 Å². The quantitative estimate of drug-likeness (QED) is 0.622. The van der Waals surface area contributed by atoms with Crippen LogP contribution in [0.5, 0.6) is 5.75 Å². The predicted octanol–water partition coefficient (Wildman–Crippen LogP) is 2.80. The third-order valence-corrected chi connectivity index (χ3v) is 5.18. The number of nitrogens with zero attached hydrogens (tertiary/aromatic N) is 2. The number of methoxy groups -OCH3 is 2. The van der Waals surface area contributed by atoms with Crippen molar-refractivity contribution in [1.82, 2.24) is 19.9 Å². The van der Waals surface area contributed by atoms with Gasteiger partial charge in [0.2, 0.25) is 0 Å². The Kier molecular flexibility index (Phi) is 6.26. The summed E-state index contributed by atoms with van der Waals surface area (Å²) < 4.78 is 12.6. The van der Waals surface area contributed by atoms with Crippen molar-refractivity contribution < 1.29 is 14.3 Å². The zero-order chi connectivity index (χ0) is 22.0. The maximum absolute atomic E-state index is 13.2. The van der Waals surface area contributed by atoms with Crippen LogP contribution in [0.1, 0.15) is 45.8 Å². The zero-order valence-electron chi connectivity index (χ0n) is 18.3. The number of fused-ring (bicyclic) bond motifs is 1.